The summed E-state index contributed by atoms with van der Waals surface area (Å²) in [6, 6.07) is 2.26. The summed E-state index contributed by atoms with van der Waals surface area (Å²) >= 11 is 0. The van der Waals surface area contributed by atoms with Gasteiger partial charge in [-0.15, -0.1) is 0 Å². The number of rotatable bonds is 10. The van der Waals surface area contributed by atoms with Crippen molar-refractivity contribution < 1.29 is 29.0 Å². The second kappa shape index (κ2) is 12.1. The molecule has 1 fully saturated rings. The van der Waals surface area contributed by atoms with Gasteiger partial charge in [-0.05, 0) is 90.5 Å². The third-order valence-electron chi connectivity index (χ3n) is 5.89. The van der Waals surface area contributed by atoms with E-state index in [4.69, 9.17) is 10.5 Å². The van der Waals surface area contributed by atoms with E-state index in [9.17, 15) is 24.3 Å². The predicted molar refractivity (Wildman–Crippen MR) is 135 cm³/mol. The normalized spacial score (nSPS) is 15.4. The maximum atomic E-state index is 14.0. The number of nitrogens with one attached hydrogen (secondary N) is 2. The number of alkyl carbamates (subject to hydrolysis) is 1. The lowest BCUT2D eigenvalue weighted by atomic mass is 9.87. The Kier molecular flexibility index (Phi) is 9.72. The predicted octanol–water partition coefficient (Wildman–Crippen LogP) is 2.81. The van der Waals surface area contributed by atoms with Gasteiger partial charge in [0.2, 0.25) is 17.7 Å². The summed E-state index contributed by atoms with van der Waals surface area (Å²) < 4.78 is 5.34. The topological polar surface area (TPSA) is 151 Å². The molecule has 5 N–H and O–H groups in total. The Morgan fingerprint density at radius 2 is 1.81 bits per heavy atom. The number of amides is 4. The minimum Gasteiger partial charge on any atom is -0.508 e. The number of ether oxygens (including phenoxy) is 1. The molecule has 10 nitrogen and oxygen atoms in total. The SMILES string of the molecule is Cc1cc(C(C(=O)NC(C)C)N(C(=O)C(CCC(N)=O)NC(=O)OC(C)(C)C)C2CCC2)ccc1O. The zero-order valence-electron chi connectivity index (χ0n) is 22.1. The van der Waals surface area contributed by atoms with E-state index in [2.05, 4.69) is 10.6 Å². The molecule has 0 aromatic heterocycles. The van der Waals surface area contributed by atoms with E-state index in [1.54, 1.807) is 39.8 Å². The van der Waals surface area contributed by atoms with Crippen molar-refractivity contribution in [2.24, 2.45) is 5.73 Å². The first-order chi connectivity index (χ1) is 16.7. The van der Waals surface area contributed by atoms with Gasteiger partial charge in [0.15, 0.2) is 0 Å². The van der Waals surface area contributed by atoms with E-state index in [0.29, 0.717) is 24.0 Å². The molecule has 1 aromatic rings. The number of aromatic hydroxyl groups is 1. The van der Waals surface area contributed by atoms with Crippen LogP contribution in [-0.2, 0) is 19.1 Å². The molecule has 1 aliphatic carbocycles. The summed E-state index contributed by atoms with van der Waals surface area (Å²) in [4.78, 5) is 53.1. The maximum Gasteiger partial charge on any atom is 0.408 e. The highest BCUT2D eigenvalue weighted by molar-refractivity contribution is 5.93. The molecule has 0 saturated heterocycles. The van der Waals surface area contributed by atoms with E-state index in [-0.39, 0.29) is 36.6 Å². The number of phenolic OH excluding ortho intramolecular Hbond substituents is 1. The Balaban J connectivity index is 2.51. The van der Waals surface area contributed by atoms with Gasteiger partial charge >= 0.3 is 6.09 Å². The number of nitrogens with two attached hydrogens (primary N) is 1. The van der Waals surface area contributed by atoms with Crippen molar-refractivity contribution in [2.45, 2.75) is 103 Å². The summed E-state index contributed by atoms with van der Waals surface area (Å²) in [5, 5.41) is 15.5. The zero-order valence-corrected chi connectivity index (χ0v) is 22.1. The molecule has 1 saturated carbocycles. The average molecular weight is 505 g/mol. The Morgan fingerprint density at radius 3 is 2.28 bits per heavy atom. The molecule has 0 radical (unpaired) electrons. The number of hydrogen-bond donors (Lipinski definition) is 4. The van der Waals surface area contributed by atoms with Crippen LogP contribution in [0.2, 0.25) is 0 Å². The van der Waals surface area contributed by atoms with Crippen LogP contribution in [-0.4, -0.2) is 57.5 Å². The van der Waals surface area contributed by atoms with Gasteiger partial charge in [-0.25, -0.2) is 4.79 Å². The van der Waals surface area contributed by atoms with Gasteiger partial charge in [0.25, 0.3) is 0 Å². The zero-order chi connectivity index (χ0) is 27.2. The Bertz CT molecular complexity index is 968. The van der Waals surface area contributed by atoms with E-state index in [1.165, 1.54) is 11.0 Å². The van der Waals surface area contributed by atoms with Gasteiger partial charge < -0.3 is 31.1 Å². The second-order valence-corrected chi connectivity index (χ2v) is 10.6. The Labute approximate surface area is 212 Å². The molecule has 10 heteroatoms. The van der Waals surface area contributed by atoms with Crippen LogP contribution in [0.25, 0.3) is 0 Å². The first-order valence-electron chi connectivity index (χ1n) is 12.4. The van der Waals surface area contributed by atoms with Crippen LogP contribution in [0.3, 0.4) is 0 Å². The number of aryl methyl sites for hydroxylation is 1. The molecule has 200 valence electrons. The molecule has 2 unspecified atom stereocenters. The van der Waals surface area contributed by atoms with Crippen LogP contribution >= 0.6 is 0 Å². The van der Waals surface area contributed by atoms with Crippen LogP contribution < -0.4 is 16.4 Å². The van der Waals surface area contributed by atoms with Gasteiger partial charge in [0.1, 0.15) is 23.4 Å². The third kappa shape index (κ3) is 8.13. The minimum atomic E-state index is -1.12. The number of phenols is 1. The number of carbonyl (C=O) groups excluding carboxylic acids is 4. The molecule has 0 aliphatic heterocycles. The molecule has 0 bridgehead atoms. The van der Waals surface area contributed by atoms with Crippen LogP contribution in [0.15, 0.2) is 18.2 Å². The molecule has 2 rings (SSSR count). The first-order valence-corrected chi connectivity index (χ1v) is 12.4. The fourth-order valence-corrected chi connectivity index (χ4v) is 4.01. The fraction of sp³-hybridized carbons (Fsp3) is 0.615. The number of benzene rings is 1. The van der Waals surface area contributed by atoms with Crippen LogP contribution in [0, 0.1) is 6.92 Å². The molecule has 1 aliphatic rings. The van der Waals surface area contributed by atoms with Gasteiger partial charge in [0, 0.05) is 18.5 Å². The smallest absolute Gasteiger partial charge is 0.408 e. The highest BCUT2D eigenvalue weighted by atomic mass is 16.6. The molecule has 0 spiro atoms. The highest BCUT2D eigenvalue weighted by Crippen LogP contribution is 2.35. The summed E-state index contributed by atoms with van der Waals surface area (Å²) in [5.41, 5.74) is 5.64. The molecular formula is C26H40N4O6. The van der Waals surface area contributed by atoms with Gasteiger partial charge in [0.05, 0.1) is 0 Å². The van der Waals surface area contributed by atoms with Gasteiger partial charge in [-0.1, -0.05) is 6.07 Å². The lowest BCUT2D eigenvalue weighted by Gasteiger charge is -2.43. The number of hydrogen-bond acceptors (Lipinski definition) is 6. The van der Waals surface area contributed by atoms with Crippen molar-refractivity contribution in [2.75, 3.05) is 0 Å². The fourth-order valence-electron chi connectivity index (χ4n) is 4.01. The number of nitrogens with zero attached hydrogens (tertiary/aromatic N) is 1. The quantitative estimate of drug-likeness (QED) is 0.385. The van der Waals surface area contributed by atoms with E-state index >= 15 is 0 Å². The molecular weight excluding hydrogens is 464 g/mol. The molecule has 0 heterocycles. The van der Waals surface area contributed by atoms with Gasteiger partial charge in [-0.3, -0.25) is 14.4 Å². The van der Waals surface area contributed by atoms with Crippen molar-refractivity contribution in [1.29, 1.82) is 0 Å². The maximum absolute atomic E-state index is 14.0. The number of primary amides is 1. The third-order valence-corrected chi connectivity index (χ3v) is 5.89. The van der Waals surface area contributed by atoms with Crippen molar-refractivity contribution in [3.8, 4) is 5.75 Å². The van der Waals surface area contributed by atoms with Crippen molar-refractivity contribution in [3.63, 3.8) is 0 Å². The molecule has 2 atom stereocenters. The van der Waals surface area contributed by atoms with Gasteiger partial charge in [-0.2, -0.15) is 0 Å². The van der Waals surface area contributed by atoms with Crippen LogP contribution in [0.4, 0.5) is 4.79 Å². The lowest BCUT2D eigenvalue weighted by molar-refractivity contribution is -0.147. The minimum absolute atomic E-state index is 0.0379. The van der Waals surface area contributed by atoms with Crippen molar-refractivity contribution in [3.05, 3.63) is 29.3 Å². The van der Waals surface area contributed by atoms with Crippen LogP contribution in [0.5, 0.6) is 5.75 Å². The molecule has 1 aromatic carbocycles. The first kappa shape index (κ1) is 28.9. The van der Waals surface area contributed by atoms with Crippen LogP contribution in [0.1, 0.15) is 83.9 Å². The molecule has 36 heavy (non-hydrogen) atoms. The average Bonchev–Trinajstić information content (AvgIpc) is 2.69. The van der Waals surface area contributed by atoms with Crippen molar-refractivity contribution >= 4 is 23.8 Å². The second-order valence-electron chi connectivity index (χ2n) is 10.6. The summed E-state index contributed by atoms with van der Waals surface area (Å²) in [7, 11) is 0. The van der Waals surface area contributed by atoms with E-state index < -0.39 is 35.6 Å². The largest absolute Gasteiger partial charge is 0.508 e. The highest BCUT2D eigenvalue weighted by Gasteiger charge is 2.42. The monoisotopic (exact) mass is 504 g/mol. The van der Waals surface area contributed by atoms with Crippen molar-refractivity contribution in [1.82, 2.24) is 15.5 Å². The molecule has 4 amide bonds. The Morgan fingerprint density at radius 1 is 1.17 bits per heavy atom. The lowest BCUT2D eigenvalue weighted by Crippen LogP contribution is -2.58. The van der Waals surface area contributed by atoms with E-state index in [0.717, 1.165) is 6.42 Å². The summed E-state index contributed by atoms with van der Waals surface area (Å²) in [6.07, 6.45) is 1.32. The standard InChI is InChI=1S/C26H40N4O6/c1-15(2)28-23(33)22(17-10-12-20(31)16(3)14-17)30(18-8-7-9-18)24(34)19(11-13-21(27)32)29-25(35)36-26(4,5)6/h10,12,14-15,18-19,22,31H,7-9,11,13H2,1-6H3,(H2,27,32)(H,28,33)(H,29,35). The summed E-state index contributed by atoms with van der Waals surface area (Å²) in [6.45, 7) is 10.5. The summed E-state index contributed by atoms with van der Waals surface area (Å²) in [5.74, 6) is -1.41. The number of carbonyl (C=O) groups is 4. The Hall–Kier alpha value is -3.30. The van der Waals surface area contributed by atoms with E-state index in [1.807, 2.05) is 13.8 Å².